The summed E-state index contributed by atoms with van der Waals surface area (Å²) in [5.74, 6) is 1.65. The lowest BCUT2D eigenvalue weighted by Crippen LogP contribution is -2.23. The predicted molar refractivity (Wildman–Crippen MR) is 50.1 cm³/mol. The minimum atomic E-state index is 0.342. The summed E-state index contributed by atoms with van der Waals surface area (Å²) in [7, 11) is 0. The van der Waals surface area contributed by atoms with Gasteiger partial charge >= 0.3 is 0 Å². The molecule has 70 valence electrons. The smallest absolute Gasteiger partial charge is 0.0686 e. The normalized spacial score (nSPS) is 33.8. The average Bonchev–Trinajstić information content (AvgIpc) is 2.62. The van der Waals surface area contributed by atoms with Crippen molar-refractivity contribution in [1.29, 1.82) is 0 Å². The Hall–Kier alpha value is -0.0400. The van der Waals surface area contributed by atoms with Crippen molar-refractivity contribution in [2.24, 2.45) is 11.8 Å². The van der Waals surface area contributed by atoms with Gasteiger partial charge in [0.2, 0.25) is 0 Å². The van der Waals surface area contributed by atoms with Crippen molar-refractivity contribution in [1.82, 2.24) is 0 Å². The molecule has 1 saturated carbocycles. The van der Waals surface area contributed by atoms with Crippen LogP contribution >= 0.6 is 0 Å². The molecule has 1 saturated heterocycles. The lowest BCUT2D eigenvalue weighted by atomic mass is 9.86. The van der Waals surface area contributed by atoms with E-state index in [9.17, 15) is 0 Å². The molecule has 1 spiro atoms. The molecule has 1 unspecified atom stereocenters. The van der Waals surface area contributed by atoms with E-state index in [1.54, 1.807) is 0 Å². The van der Waals surface area contributed by atoms with Crippen LogP contribution in [0.1, 0.15) is 46.0 Å². The minimum absolute atomic E-state index is 0.342. The second kappa shape index (κ2) is 3.02. The maximum atomic E-state index is 5.98. The molecule has 0 aromatic carbocycles. The van der Waals surface area contributed by atoms with Crippen LogP contribution < -0.4 is 0 Å². The SMILES string of the molecule is CC(C)C1COC2(CCCC2)C1. The van der Waals surface area contributed by atoms with E-state index >= 15 is 0 Å². The topological polar surface area (TPSA) is 9.23 Å². The number of hydrogen-bond donors (Lipinski definition) is 0. The Kier molecular flexibility index (Phi) is 2.16. The summed E-state index contributed by atoms with van der Waals surface area (Å²) in [6, 6.07) is 0. The lowest BCUT2D eigenvalue weighted by Gasteiger charge is -2.22. The van der Waals surface area contributed by atoms with Crippen LogP contribution in [0.2, 0.25) is 0 Å². The van der Waals surface area contributed by atoms with Gasteiger partial charge < -0.3 is 4.74 Å². The van der Waals surface area contributed by atoms with Gasteiger partial charge in [-0.1, -0.05) is 26.7 Å². The molecule has 12 heavy (non-hydrogen) atoms. The van der Waals surface area contributed by atoms with Crippen molar-refractivity contribution in [3.63, 3.8) is 0 Å². The highest BCUT2D eigenvalue weighted by Crippen LogP contribution is 2.44. The zero-order valence-corrected chi connectivity index (χ0v) is 8.31. The van der Waals surface area contributed by atoms with Crippen LogP contribution in [0.4, 0.5) is 0 Å². The molecule has 1 heteroatoms. The zero-order chi connectivity index (χ0) is 8.60. The van der Waals surface area contributed by atoms with Crippen molar-refractivity contribution in [3.05, 3.63) is 0 Å². The third-order valence-corrected chi connectivity index (χ3v) is 3.70. The molecule has 1 atom stereocenters. The van der Waals surface area contributed by atoms with Gasteiger partial charge in [-0.3, -0.25) is 0 Å². The van der Waals surface area contributed by atoms with Gasteiger partial charge in [-0.05, 0) is 31.1 Å². The van der Waals surface area contributed by atoms with Gasteiger partial charge in [0, 0.05) is 0 Å². The first-order chi connectivity index (χ1) is 5.72. The highest BCUT2D eigenvalue weighted by molar-refractivity contribution is 4.93. The molecule has 0 aromatic rings. The second-order valence-corrected chi connectivity index (χ2v) is 4.91. The maximum absolute atomic E-state index is 5.98. The first kappa shape index (κ1) is 8.55. The first-order valence-electron chi connectivity index (χ1n) is 5.36. The highest BCUT2D eigenvalue weighted by atomic mass is 16.5. The largest absolute Gasteiger partial charge is 0.375 e. The number of hydrogen-bond acceptors (Lipinski definition) is 1. The van der Waals surface area contributed by atoms with E-state index in [4.69, 9.17) is 4.74 Å². The second-order valence-electron chi connectivity index (χ2n) is 4.91. The molecule has 0 amide bonds. The molecule has 2 rings (SSSR count). The predicted octanol–water partition coefficient (Wildman–Crippen LogP) is 2.99. The van der Waals surface area contributed by atoms with Crippen molar-refractivity contribution in [2.45, 2.75) is 51.6 Å². The highest BCUT2D eigenvalue weighted by Gasteiger charge is 2.42. The Morgan fingerprint density at radius 1 is 1.25 bits per heavy atom. The van der Waals surface area contributed by atoms with Gasteiger partial charge in [0.05, 0.1) is 12.2 Å². The van der Waals surface area contributed by atoms with Crippen molar-refractivity contribution < 1.29 is 4.74 Å². The summed E-state index contributed by atoms with van der Waals surface area (Å²) in [6.07, 6.45) is 6.78. The molecule has 0 radical (unpaired) electrons. The van der Waals surface area contributed by atoms with Gasteiger partial charge in [-0.2, -0.15) is 0 Å². The average molecular weight is 168 g/mol. The summed E-state index contributed by atoms with van der Waals surface area (Å²) < 4.78 is 5.98. The Morgan fingerprint density at radius 2 is 1.92 bits per heavy atom. The van der Waals surface area contributed by atoms with Gasteiger partial charge in [0.1, 0.15) is 0 Å². The Balaban J connectivity index is 1.96. The van der Waals surface area contributed by atoms with Gasteiger partial charge in [-0.15, -0.1) is 0 Å². The maximum Gasteiger partial charge on any atom is 0.0686 e. The van der Waals surface area contributed by atoms with Gasteiger partial charge in [0.25, 0.3) is 0 Å². The Labute approximate surface area is 75.5 Å². The quantitative estimate of drug-likeness (QED) is 0.585. The van der Waals surface area contributed by atoms with Gasteiger partial charge in [0.15, 0.2) is 0 Å². The monoisotopic (exact) mass is 168 g/mol. The summed E-state index contributed by atoms with van der Waals surface area (Å²) in [6.45, 7) is 5.67. The van der Waals surface area contributed by atoms with E-state index in [-0.39, 0.29) is 0 Å². The van der Waals surface area contributed by atoms with Crippen LogP contribution in [0.5, 0.6) is 0 Å². The van der Waals surface area contributed by atoms with Crippen LogP contribution in [0.25, 0.3) is 0 Å². The molecule has 2 fully saturated rings. The molecule has 2 aliphatic rings. The molecular weight excluding hydrogens is 148 g/mol. The fourth-order valence-corrected chi connectivity index (χ4v) is 2.68. The third-order valence-electron chi connectivity index (χ3n) is 3.70. The molecule has 0 N–H and O–H groups in total. The molecule has 0 bridgehead atoms. The van der Waals surface area contributed by atoms with E-state index in [1.807, 2.05) is 0 Å². The van der Waals surface area contributed by atoms with E-state index in [0.717, 1.165) is 18.4 Å². The minimum Gasteiger partial charge on any atom is -0.375 e. The number of rotatable bonds is 1. The molecule has 1 nitrogen and oxygen atoms in total. The van der Waals surface area contributed by atoms with Crippen molar-refractivity contribution in [3.8, 4) is 0 Å². The lowest BCUT2D eigenvalue weighted by molar-refractivity contribution is 0.00893. The molecule has 1 aliphatic heterocycles. The van der Waals surface area contributed by atoms with Crippen LogP contribution in [0.15, 0.2) is 0 Å². The summed E-state index contributed by atoms with van der Waals surface area (Å²) in [4.78, 5) is 0. The van der Waals surface area contributed by atoms with Crippen molar-refractivity contribution >= 4 is 0 Å². The summed E-state index contributed by atoms with van der Waals surface area (Å²) in [5.41, 5.74) is 0.342. The van der Waals surface area contributed by atoms with Gasteiger partial charge in [-0.25, -0.2) is 0 Å². The standard InChI is InChI=1S/C11H20O/c1-9(2)10-7-11(12-8-10)5-3-4-6-11/h9-10H,3-8H2,1-2H3. The summed E-state index contributed by atoms with van der Waals surface area (Å²) in [5, 5.41) is 0. The summed E-state index contributed by atoms with van der Waals surface area (Å²) >= 11 is 0. The Bertz CT molecular complexity index is 156. The van der Waals surface area contributed by atoms with E-state index in [2.05, 4.69) is 13.8 Å². The van der Waals surface area contributed by atoms with E-state index < -0.39 is 0 Å². The first-order valence-corrected chi connectivity index (χ1v) is 5.36. The fraction of sp³-hybridized carbons (Fsp3) is 1.00. The number of ether oxygens (including phenoxy) is 1. The van der Waals surface area contributed by atoms with Crippen LogP contribution in [-0.4, -0.2) is 12.2 Å². The fourth-order valence-electron chi connectivity index (χ4n) is 2.68. The zero-order valence-electron chi connectivity index (χ0n) is 8.31. The third kappa shape index (κ3) is 1.39. The molecular formula is C11H20O. The van der Waals surface area contributed by atoms with Crippen LogP contribution in [-0.2, 0) is 4.74 Å². The van der Waals surface area contributed by atoms with Crippen molar-refractivity contribution in [2.75, 3.05) is 6.61 Å². The van der Waals surface area contributed by atoms with E-state index in [1.165, 1.54) is 32.1 Å². The molecule has 1 aliphatic carbocycles. The van der Waals surface area contributed by atoms with Crippen LogP contribution in [0, 0.1) is 11.8 Å². The molecule has 0 aromatic heterocycles. The Morgan fingerprint density at radius 3 is 2.42 bits per heavy atom. The molecule has 1 heterocycles. The van der Waals surface area contributed by atoms with E-state index in [0.29, 0.717) is 5.60 Å². The van der Waals surface area contributed by atoms with Crippen LogP contribution in [0.3, 0.4) is 0 Å².